The van der Waals surface area contributed by atoms with Crippen LogP contribution in [-0.4, -0.2) is 5.91 Å². The molecular formula is C22H20BrNO. The molecule has 0 radical (unpaired) electrons. The second kappa shape index (κ2) is 8.63. The Balaban J connectivity index is 1.73. The molecule has 0 fully saturated rings. The average Bonchev–Trinajstić information content (AvgIpc) is 2.67. The molecule has 0 aliphatic heterocycles. The molecular weight excluding hydrogens is 374 g/mol. The molecule has 25 heavy (non-hydrogen) atoms. The molecule has 126 valence electrons. The van der Waals surface area contributed by atoms with Crippen molar-refractivity contribution in [2.45, 2.75) is 18.9 Å². The fourth-order valence-corrected chi connectivity index (χ4v) is 3.06. The van der Waals surface area contributed by atoms with Gasteiger partial charge in [0.15, 0.2) is 0 Å². The second-order valence-electron chi connectivity index (χ2n) is 5.95. The van der Waals surface area contributed by atoms with Gasteiger partial charge in [0.2, 0.25) is 5.91 Å². The van der Waals surface area contributed by atoms with Gasteiger partial charge in [0.1, 0.15) is 0 Å². The number of nitrogens with one attached hydrogen (secondary N) is 1. The quantitative estimate of drug-likeness (QED) is 0.605. The van der Waals surface area contributed by atoms with E-state index in [1.165, 1.54) is 5.56 Å². The smallest absolute Gasteiger partial charge is 0.221 e. The fourth-order valence-electron chi connectivity index (χ4n) is 2.80. The van der Waals surface area contributed by atoms with Crippen LogP contribution in [0.15, 0.2) is 89.4 Å². The lowest BCUT2D eigenvalue weighted by Crippen LogP contribution is -2.29. The van der Waals surface area contributed by atoms with Gasteiger partial charge in [-0.25, -0.2) is 0 Å². The van der Waals surface area contributed by atoms with Gasteiger partial charge in [-0.15, -0.1) is 0 Å². The molecule has 1 N–H and O–H groups in total. The largest absolute Gasteiger partial charge is 0.345 e. The molecule has 0 heterocycles. The third kappa shape index (κ3) is 5.04. The molecule has 3 heteroatoms. The molecule has 2 nitrogen and oxygen atoms in total. The van der Waals surface area contributed by atoms with E-state index in [0.29, 0.717) is 6.42 Å². The maximum atomic E-state index is 12.5. The Morgan fingerprint density at radius 1 is 0.800 bits per heavy atom. The molecule has 0 aromatic heterocycles. The Morgan fingerprint density at radius 3 is 2.00 bits per heavy atom. The highest BCUT2D eigenvalue weighted by molar-refractivity contribution is 9.10. The number of hydrogen-bond donors (Lipinski definition) is 1. The van der Waals surface area contributed by atoms with E-state index in [1.807, 2.05) is 72.8 Å². The van der Waals surface area contributed by atoms with Crippen LogP contribution in [0.25, 0.3) is 0 Å². The molecule has 0 aliphatic carbocycles. The van der Waals surface area contributed by atoms with Crippen LogP contribution in [0.2, 0.25) is 0 Å². The summed E-state index contributed by atoms with van der Waals surface area (Å²) in [6, 6.07) is 28.1. The fraction of sp³-hybridized carbons (Fsp3) is 0.136. The summed E-state index contributed by atoms with van der Waals surface area (Å²) in [7, 11) is 0. The number of rotatable bonds is 6. The summed E-state index contributed by atoms with van der Waals surface area (Å²) < 4.78 is 1.03. The summed E-state index contributed by atoms with van der Waals surface area (Å²) in [5.74, 6) is 0.0561. The molecule has 0 saturated heterocycles. The van der Waals surface area contributed by atoms with E-state index in [4.69, 9.17) is 0 Å². The molecule has 0 bridgehead atoms. The van der Waals surface area contributed by atoms with E-state index in [2.05, 4.69) is 33.4 Å². The predicted molar refractivity (Wildman–Crippen MR) is 105 cm³/mol. The SMILES string of the molecule is O=C(CCc1ccccc1)NC(c1ccccc1)c1ccc(Br)cc1. The number of hydrogen-bond acceptors (Lipinski definition) is 1. The first-order chi connectivity index (χ1) is 12.2. The number of carbonyl (C=O) groups is 1. The van der Waals surface area contributed by atoms with Gasteiger partial charge in [0, 0.05) is 10.9 Å². The van der Waals surface area contributed by atoms with Gasteiger partial charge in [0.25, 0.3) is 0 Å². The topological polar surface area (TPSA) is 29.1 Å². The van der Waals surface area contributed by atoms with E-state index in [-0.39, 0.29) is 11.9 Å². The lowest BCUT2D eigenvalue weighted by atomic mass is 9.98. The zero-order valence-corrected chi connectivity index (χ0v) is 15.4. The maximum Gasteiger partial charge on any atom is 0.221 e. The monoisotopic (exact) mass is 393 g/mol. The van der Waals surface area contributed by atoms with Crippen LogP contribution >= 0.6 is 15.9 Å². The van der Waals surface area contributed by atoms with Crippen molar-refractivity contribution in [2.75, 3.05) is 0 Å². The Hall–Kier alpha value is -2.39. The number of benzene rings is 3. The average molecular weight is 394 g/mol. The van der Waals surface area contributed by atoms with Crippen LogP contribution in [0, 0.1) is 0 Å². The molecule has 1 atom stereocenters. The third-order valence-electron chi connectivity index (χ3n) is 4.13. The lowest BCUT2D eigenvalue weighted by molar-refractivity contribution is -0.121. The Bertz CT molecular complexity index is 800. The van der Waals surface area contributed by atoms with Gasteiger partial charge in [0.05, 0.1) is 6.04 Å². The van der Waals surface area contributed by atoms with Crippen molar-refractivity contribution < 1.29 is 4.79 Å². The normalized spacial score (nSPS) is 11.7. The van der Waals surface area contributed by atoms with Gasteiger partial charge in [-0.05, 0) is 35.2 Å². The van der Waals surface area contributed by atoms with Gasteiger partial charge in [-0.3, -0.25) is 4.79 Å². The zero-order valence-electron chi connectivity index (χ0n) is 13.9. The van der Waals surface area contributed by atoms with E-state index in [1.54, 1.807) is 0 Å². The zero-order chi connectivity index (χ0) is 17.5. The molecule has 1 unspecified atom stereocenters. The Morgan fingerprint density at radius 2 is 1.36 bits per heavy atom. The van der Waals surface area contributed by atoms with Crippen molar-refractivity contribution in [2.24, 2.45) is 0 Å². The van der Waals surface area contributed by atoms with Crippen molar-refractivity contribution in [3.8, 4) is 0 Å². The number of carbonyl (C=O) groups excluding carboxylic acids is 1. The standard InChI is InChI=1S/C22H20BrNO/c23-20-14-12-19(13-15-20)22(18-9-5-2-6-10-18)24-21(25)16-11-17-7-3-1-4-8-17/h1-10,12-15,22H,11,16H2,(H,24,25). The van der Waals surface area contributed by atoms with Crippen LogP contribution in [0.4, 0.5) is 0 Å². The molecule has 3 rings (SSSR count). The van der Waals surface area contributed by atoms with Crippen LogP contribution in [0.3, 0.4) is 0 Å². The van der Waals surface area contributed by atoms with Crippen molar-refractivity contribution in [3.63, 3.8) is 0 Å². The minimum absolute atomic E-state index is 0.0561. The second-order valence-corrected chi connectivity index (χ2v) is 6.86. The third-order valence-corrected chi connectivity index (χ3v) is 4.65. The van der Waals surface area contributed by atoms with Crippen LogP contribution in [-0.2, 0) is 11.2 Å². The molecule has 0 spiro atoms. The number of amides is 1. The van der Waals surface area contributed by atoms with E-state index < -0.39 is 0 Å². The molecule has 3 aromatic rings. The lowest BCUT2D eigenvalue weighted by Gasteiger charge is -2.20. The molecule has 0 aliphatic rings. The van der Waals surface area contributed by atoms with Crippen LogP contribution in [0.1, 0.15) is 29.2 Å². The number of halogens is 1. The van der Waals surface area contributed by atoms with Crippen molar-refractivity contribution in [1.29, 1.82) is 0 Å². The van der Waals surface area contributed by atoms with Crippen LogP contribution < -0.4 is 5.32 Å². The van der Waals surface area contributed by atoms with Gasteiger partial charge >= 0.3 is 0 Å². The Labute approximate surface area is 157 Å². The van der Waals surface area contributed by atoms with Gasteiger partial charge in [-0.2, -0.15) is 0 Å². The van der Waals surface area contributed by atoms with Gasteiger partial charge < -0.3 is 5.32 Å². The van der Waals surface area contributed by atoms with E-state index in [0.717, 1.165) is 22.0 Å². The van der Waals surface area contributed by atoms with Crippen molar-refractivity contribution in [1.82, 2.24) is 5.32 Å². The highest BCUT2D eigenvalue weighted by Crippen LogP contribution is 2.24. The maximum absolute atomic E-state index is 12.5. The summed E-state index contributed by atoms with van der Waals surface area (Å²) in [4.78, 5) is 12.5. The molecule has 1 amide bonds. The minimum atomic E-state index is -0.141. The Kier molecular flexibility index (Phi) is 6.02. The summed E-state index contributed by atoms with van der Waals surface area (Å²) in [6.45, 7) is 0. The first kappa shape index (κ1) is 17.4. The van der Waals surface area contributed by atoms with Crippen molar-refractivity contribution in [3.05, 3.63) is 106 Å². The van der Waals surface area contributed by atoms with Gasteiger partial charge in [-0.1, -0.05) is 88.7 Å². The van der Waals surface area contributed by atoms with Crippen LogP contribution in [0.5, 0.6) is 0 Å². The van der Waals surface area contributed by atoms with E-state index >= 15 is 0 Å². The molecule has 0 saturated carbocycles. The summed E-state index contributed by atoms with van der Waals surface area (Å²) in [6.07, 6.45) is 1.22. The predicted octanol–water partition coefficient (Wildman–Crippen LogP) is 5.29. The summed E-state index contributed by atoms with van der Waals surface area (Å²) >= 11 is 3.47. The summed E-state index contributed by atoms with van der Waals surface area (Å²) in [5.41, 5.74) is 3.33. The van der Waals surface area contributed by atoms with E-state index in [9.17, 15) is 4.79 Å². The first-order valence-electron chi connectivity index (χ1n) is 8.36. The highest BCUT2D eigenvalue weighted by atomic mass is 79.9. The summed E-state index contributed by atoms with van der Waals surface area (Å²) in [5, 5.41) is 3.19. The highest BCUT2D eigenvalue weighted by Gasteiger charge is 2.16. The molecule has 3 aromatic carbocycles. The first-order valence-corrected chi connectivity index (χ1v) is 9.15. The van der Waals surface area contributed by atoms with Crippen molar-refractivity contribution >= 4 is 21.8 Å². The minimum Gasteiger partial charge on any atom is -0.345 e. The number of aryl methyl sites for hydroxylation is 1.